The lowest BCUT2D eigenvalue weighted by Crippen LogP contribution is -2.32. The van der Waals surface area contributed by atoms with Gasteiger partial charge in [-0.2, -0.15) is 0 Å². The smallest absolute Gasteiger partial charge is 0.141 e. The first-order valence-electron chi connectivity index (χ1n) is 17.1. The van der Waals surface area contributed by atoms with Gasteiger partial charge in [-0.15, -0.1) is 25.3 Å². The van der Waals surface area contributed by atoms with E-state index in [1.54, 1.807) is 0 Å². The number of hydrogen-bond donors (Lipinski definition) is 2. The minimum atomic E-state index is 1.03. The van der Waals surface area contributed by atoms with Gasteiger partial charge >= 0.3 is 0 Å². The molecular weight excluding hydrogens is 615 g/mol. The zero-order valence-electron chi connectivity index (χ0n) is 29.4. The molecule has 6 aromatic carbocycles. The highest BCUT2D eigenvalue weighted by molar-refractivity contribution is 7.81. The number of benzene rings is 6. The van der Waals surface area contributed by atoms with E-state index in [0.29, 0.717) is 0 Å². The van der Waals surface area contributed by atoms with Gasteiger partial charge in [0.05, 0.1) is 0 Å². The standard InChI is InChI=1S/C45H43BS2/c1-24-25(2)27(4)39(28(5)26(24)3)42-36-20-14-13-19-35(36)41(34-18-12-11-17-33(34)31-15-9-8-10-16-31)37-22-21-32(23-38(37)42)40-29(6)45(48)43(46)30(7)44(40)47/h8-12,15-23,47-48H,13-14,46H2,1-7H3. The van der Waals surface area contributed by atoms with Crippen molar-refractivity contribution in [3.05, 3.63) is 122 Å². The summed E-state index contributed by atoms with van der Waals surface area (Å²) in [6.07, 6.45) is 7.07. The average molecular weight is 659 g/mol. The van der Waals surface area contributed by atoms with Crippen molar-refractivity contribution in [2.45, 2.75) is 71.1 Å². The lowest BCUT2D eigenvalue weighted by atomic mass is 9.79. The second kappa shape index (κ2) is 12.5. The second-order valence-corrected chi connectivity index (χ2v) is 14.6. The number of thiol groups is 2. The largest absolute Gasteiger partial charge is 0.144 e. The monoisotopic (exact) mass is 658 g/mol. The number of rotatable bonds is 4. The average Bonchev–Trinajstić information content (AvgIpc) is 3.11. The van der Waals surface area contributed by atoms with Crippen LogP contribution in [0.1, 0.15) is 51.8 Å². The lowest BCUT2D eigenvalue weighted by Gasteiger charge is -2.25. The molecule has 0 saturated carbocycles. The van der Waals surface area contributed by atoms with E-state index < -0.39 is 0 Å². The van der Waals surface area contributed by atoms with Crippen molar-refractivity contribution in [3.63, 3.8) is 0 Å². The number of hydrogen-bond acceptors (Lipinski definition) is 2. The third-order valence-corrected chi connectivity index (χ3v) is 12.5. The van der Waals surface area contributed by atoms with Crippen LogP contribution in [0.2, 0.25) is 0 Å². The summed E-state index contributed by atoms with van der Waals surface area (Å²) in [6.45, 7) is 15.9. The quantitative estimate of drug-likeness (QED) is 0.137. The van der Waals surface area contributed by atoms with Crippen LogP contribution in [0, 0.1) is 48.5 Å². The predicted octanol–water partition coefficient (Wildman–Crippen LogP) is 9.86. The van der Waals surface area contributed by atoms with Crippen molar-refractivity contribution >= 4 is 61.5 Å². The molecule has 0 unspecified atom stereocenters. The predicted molar refractivity (Wildman–Crippen MR) is 219 cm³/mol. The molecule has 6 aromatic rings. The topological polar surface area (TPSA) is 0 Å². The van der Waals surface area contributed by atoms with Crippen LogP contribution >= 0.6 is 25.3 Å². The Labute approximate surface area is 297 Å². The Bertz CT molecular complexity index is 2380. The van der Waals surface area contributed by atoms with Crippen molar-refractivity contribution in [1.29, 1.82) is 0 Å². The molecule has 7 rings (SSSR count). The van der Waals surface area contributed by atoms with Crippen molar-refractivity contribution in [1.82, 2.24) is 0 Å². The van der Waals surface area contributed by atoms with Gasteiger partial charge < -0.3 is 0 Å². The Morgan fingerprint density at radius 3 is 1.67 bits per heavy atom. The van der Waals surface area contributed by atoms with Crippen LogP contribution < -0.4 is 15.9 Å². The van der Waals surface area contributed by atoms with Gasteiger partial charge in [0.15, 0.2) is 0 Å². The van der Waals surface area contributed by atoms with Crippen LogP contribution in [0.4, 0.5) is 0 Å². The van der Waals surface area contributed by atoms with Gasteiger partial charge in [0, 0.05) is 9.79 Å². The van der Waals surface area contributed by atoms with Crippen molar-refractivity contribution in [2.75, 3.05) is 0 Å². The van der Waals surface area contributed by atoms with Crippen molar-refractivity contribution in [2.24, 2.45) is 0 Å². The van der Waals surface area contributed by atoms with Gasteiger partial charge in [0.25, 0.3) is 0 Å². The molecule has 0 heterocycles. The maximum Gasteiger partial charge on any atom is 0.141 e. The van der Waals surface area contributed by atoms with E-state index in [4.69, 9.17) is 25.3 Å². The highest BCUT2D eigenvalue weighted by Crippen LogP contribution is 2.43. The van der Waals surface area contributed by atoms with E-state index in [1.807, 2.05) is 0 Å². The van der Waals surface area contributed by atoms with Crippen LogP contribution in [-0.4, -0.2) is 7.85 Å². The molecule has 0 fully saturated rings. The molecule has 48 heavy (non-hydrogen) atoms. The fourth-order valence-corrected chi connectivity index (χ4v) is 8.79. The summed E-state index contributed by atoms with van der Waals surface area (Å²) in [6, 6.07) is 26.9. The molecule has 3 heteroatoms. The van der Waals surface area contributed by atoms with Crippen molar-refractivity contribution in [3.8, 4) is 44.5 Å². The Kier molecular flexibility index (Phi) is 8.51. The Hall–Kier alpha value is -3.92. The van der Waals surface area contributed by atoms with E-state index in [9.17, 15) is 0 Å². The van der Waals surface area contributed by atoms with E-state index in [0.717, 1.165) is 22.6 Å². The molecule has 0 aliphatic heterocycles. The van der Waals surface area contributed by atoms with Crippen molar-refractivity contribution < 1.29 is 0 Å². The normalized spacial score (nSPS) is 12.5. The van der Waals surface area contributed by atoms with E-state index in [-0.39, 0.29) is 0 Å². The minimum Gasteiger partial charge on any atom is -0.144 e. The summed E-state index contributed by atoms with van der Waals surface area (Å²) in [5.74, 6) is 0. The van der Waals surface area contributed by atoms with Gasteiger partial charge in [-0.1, -0.05) is 84.3 Å². The van der Waals surface area contributed by atoms with Gasteiger partial charge in [0.1, 0.15) is 7.85 Å². The highest BCUT2D eigenvalue weighted by atomic mass is 32.1. The van der Waals surface area contributed by atoms with Crippen LogP contribution in [0.25, 0.3) is 67.4 Å². The molecule has 1 aliphatic rings. The molecule has 0 saturated heterocycles. The fraction of sp³-hybridized carbons (Fsp3) is 0.200. The third kappa shape index (κ3) is 5.01. The first-order chi connectivity index (χ1) is 23.0. The number of fused-ring (bicyclic) bond motifs is 2. The first-order valence-corrected chi connectivity index (χ1v) is 18.0. The molecule has 1 aliphatic carbocycles. The Morgan fingerprint density at radius 1 is 0.458 bits per heavy atom. The van der Waals surface area contributed by atoms with Crippen LogP contribution in [0.3, 0.4) is 0 Å². The Morgan fingerprint density at radius 2 is 1.02 bits per heavy atom. The lowest BCUT2D eigenvalue weighted by molar-refractivity contribution is 1.12. The minimum absolute atomic E-state index is 1.03. The van der Waals surface area contributed by atoms with Crippen LogP contribution in [-0.2, 0) is 0 Å². The van der Waals surface area contributed by atoms with Gasteiger partial charge in [0.2, 0.25) is 0 Å². The highest BCUT2D eigenvalue weighted by Gasteiger charge is 2.24. The molecule has 0 N–H and O–H groups in total. The molecule has 0 radical (unpaired) electrons. The zero-order valence-corrected chi connectivity index (χ0v) is 31.2. The maximum absolute atomic E-state index is 5.14. The van der Waals surface area contributed by atoms with Gasteiger partial charge in [-0.25, -0.2) is 0 Å². The third-order valence-electron chi connectivity index (χ3n) is 11.3. The van der Waals surface area contributed by atoms with E-state index in [1.165, 1.54) is 110 Å². The summed E-state index contributed by atoms with van der Waals surface area (Å²) >= 11 is 10.1. The summed E-state index contributed by atoms with van der Waals surface area (Å²) in [7, 11) is 2.15. The molecule has 0 nitrogen and oxygen atoms in total. The van der Waals surface area contributed by atoms with Gasteiger partial charge in [-0.05, 0) is 172 Å². The maximum atomic E-state index is 5.14. The summed E-state index contributed by atoms with van der Waals surface area (Å²) < 4.78 is 0. The summed E-state index contributed by atoms with van der Waals surface area (Å²) in [5.41, 5.74) is 20.6. The molecule has 0 bridgehead atoms. The fourth-order valence-electron chi connectivity index (χ4n) is 8.04. The molecule has 0 aromatic heterocycles. The van der Waals surface area contributed by atoms with E-state index >= 15 is 0 Å². The summed E-state index contributed by atoms with van der Waals surface area (Å²) in [4.78, 5) is 2.08. The van der Waals surface area contributed by atoms with Gasteiger partial charge in [-0.3, -0.25) is 0 Å². The van der Waals surface area contributed by atoms with Crippen LogP contribution in [0.5, 0.6) is 0 Å². The van der Waals surface area contributed by atoms with E-state index in [2.05, 4.69) is 141 Å². The SMILES string of the molecule is Bc1c(C)c(S)c(-c2ccc3c(-c4ccccc4-c4ccccc4)c4c(c(-c5c(C)c(C)c(C)c(C)c5C)c3c2)=CCCC=4)c(C)c1S. The molecule has 238 valence electrons. The molecule has 0 spiro atoms. The molecule has 0 amide bonds. The molecule has 0 atom stereocenters. The second-order valence-electron chi connectivity index (χ2n) is 13.7. The summed E-state index contributed by atoms with van der Waals surface area (Å²) in [5, 5.41) is 5.28. The molecular formula is C45H43BS2. The zero-order chi connectivity index (χ0) is 34.0. The Balaban J connectivity index is 1.71. The van der Waals surface area contributed by atoms with Crippen LogP contribution in [0.15, 0.2) is 82.6 Å². The first kappa shape index (κ1) is 32.6.